The van der Waals surface area contributed by atoms with Crippen molar-refractivity contribution in [2.24, 2.45) is 0 Å². The van der Waals surface area contributed by atoms with Crippen LogP contribution in [0.2, 0.25) is 0 Å². The molecule has 142 valence electrons. The molecule has 0 saturated carbocycles. The molecule has 0 aliphatic heterocycles. The van der Waals surface area contributed by atoms with Gasteiger partial charge in [-0.15, -0.1) is 10.2 Å². The average Bonchev–Trinajstić information content (AvgIpc) is 3.03. The second-order valence-electron chi connectivity index (χ2n) is 4.46. The molecule has 0 atom stereocenters. The Morgan fingerprint density at radius 3 is 1.68 bits per heavy atom. The van der Waals surface area contributed by atoms with Crippen molar-refractivity contribution in [3.8, 4) is 0 Å². The molecule has 0 unspecified atom stereocenters. The number of carbonyl (C=O) groups excluding carboxylic acids is 2. The average molecular weight is 411 g/mol. The van der Waals surface area contributed by atoms with E-state index in [2.05, 4.69) is 10.2 Å². The van der Waals surface area contributed by atoms with Crippen molar-refractivity contribution in [1.82, 2.24) is 10.2 Å². The molecule has 1 aromatic rings. The summed E-state index contributed by atoms with van der Waals surface area (Å²) in [6, 6.07) is 0. The van der Waals surface area contributed by atoms with Crippen LogP contribution in [0.15, 0.2) is 8.68 Å². The summed E-state index contributed by atoms with van der Waals surface area (Å²) in [4.78, 5) is 22.9. The van der Waals surface area contributed by atoms with Crippen LogP contribution in [0.1, 0.15) is 12.8 Å². The van der Waals surface area contributed by atoms with Gasteiger partial charge in [0, 0.05) is 25.7 Å². The molecule has 1 heterocycles. The summed E-state index contributed by atoms with van der Waals surface area (Å²) in [6.45, 7) is 1.34. The van der Waals surface area contributed by atoms with Crippen molar-refractivity contribution < 1.29 is 28.5 Å². The molecule has 0 aliphatic carbocycles. The maximum Gasteiger partial charge on any atom is 0.306 e. The van der Waals surface area contributed by atoms with Gasteiger partial charge in [0.05, 0.1) is 26.1 Å². The topological polar surface area (TPSA) is 96.8 Å². The number of hydrogen-bond acceptors (Lipinski definition) is 11. The van der Waals surface area contributed by atoms with E-state index in [4.69, 9.17) is 18.9 Å². The third kappa shape index (κ3) is 11.4. The molecule has 25 heavy (non-hydrogen) atoms. The van der Waals surface area contributed by atoms with E-state index in [0.717, 1.165) is 8.68 Å². The molecule has 11 heteroatoms. The Kier molecular flexibility index (Phi) is 12.7. The van der Waals surface area contributed by atoms with Crippen LogP contribution < -0.4 is 0 Å². The molecular formula is C14H22N2O6S3. The maximum absolute atomic E-state index is 11.4. The second kappa shape index (κ2) is 14.3. The van der Waals surface area contributed by atoms with E-state index in [-0.39, 0.29) is 25.2 Å². The first-order valence-corrected chi connectivity index (χ1v) is 10.3. The van der Waals surface area contributed by atoms with Crippen molar-refractivity contribution in [3.63, 3.8) is 0 Å². The lowest BCUT2D eigenvalue weighted by atomic mass is 10.5. The Bertz CT molecular complexity index is 472. The van der Waals surface area contributed by atoms with E-state index >= 15 is 0 Å². The van der Waals surface area contributed by atoms with E-state index in [1.807, 2.05) is 0 Å². The van der Waals surface area contributed by atoms with Crippen molar-refractivity contribution in [1.29, 1.82) is 0 Å². The summed E-state index contributed by atoms with van der Waals surface area (Å²) in [5, 5.41) is 8.11. The standard InChI is InChI=1S/C14H22N2O6S3/c1-19-5-7-21-11(17)3-9-23-13-15-16-14(25-13)24-10-4-12(18)22-8-6-20-2/h3-10H2,1-2H3. The maximum atomic E-state index is 11.4. The summed E-state index contributed by atoms with van der Waals surface area (Å²) in [6.07, 6.45) is 0.619. The molecule has 8 nitrogen and oxygen atoms in total. The number of aromatic nitrogens is 2. The highest BCUT2D eigenvalue weighted by Crippen LogP contribution is 2.29. The van der Waals surface area contributed by atoms with Crippen LogP contribution in [0.3, 0.4) is 0 Å². The van der Waals surface area contributed by atoms with E-state index in [9.17, 15) is 9.59 Å². The van der Waals surface area contributed by atoms with Crippen molar-refractivity contribution >= 4 is 46.8 Å². The molecule has 0 amide bonds. The lowest BCUT2D eigenvalue weighted by Crippen LogP contribution is -2.10. The second-order valence-corrected chi connectivity index (χ2v) is 8.12. The minimum absolute atomic E-state index is 0.254. The summed E-state index contributed by atoms with van der Waals surface area (Å²) in [7, 11) is 3.11. The van der Waals surface area contributed by atoms with Gasteiger partial charge in [-0.3, -0.25) is 9.59 Å². The predicted molar refractivity (Wildman–Crippen MR) is 96.3 cm³/mol. The van der Waals surface area contributed by atoms with Gasteiger partial charge in [0.15, 0.2) is 8.68 Å². The van der Waals surface area contributed by atoms with Gasteiger partial charge in [-0.2, -0.15) is 0 Å². The number of nitrogens with zero attached hydrogens (tertiary/aromatic N) is 2. The third-order valence-electron chi connectivity index (χ3n) is 2.55. The molecule has 0 bridgehead atoms. The molecule has 0 aliphatic rings. The monoisotopic (exact) mass is 410 g/mol. The van der Waals surface area contributed by atoms with Crippen LogP contribution in [0.5, 0.6) is 0 Å². The van der Waals surface area contributed by atoms with Crippen molar-refractivity contribution in [2.75, 3.05) is 52.2 Å². The quantitative estimate of drug-likeness (QED) is 0.257. The van der Waals surface area contributed by atoms with Crippen LogP contribution in [0.25, 0.3) is 0 Å². The molecule has 0 fully saturated rings. The van der Waals surface area contributed by atoms with E-state index < -0.39 is 0 Å². The van der Waals surface area contributed by atoms with Crippen LogP contribution >= 0.6 is 34.9 Å². The summed E-state index contributed by atoms with van der Waals surface area (Å²) in [5.74, 6) is 0.653. The predicted octanol–water partition coefficient (Wildman–Crippen LogP) is 1.88. The number of ether oxygens (including phenoxy) is 4. The van der Waals surface area contributed by atoms with Gasteiger partial charge in [0.1, 0.15) is 13.2 Å². The van der Waals surface area contributed by atoms with Gasteiger partial charge in [0.25, 0.3) is 0 Å². The zero-order valence-electron chi connectivity index (χ0n) is 14.2. The SMILES string of the molecule is COCCOC(=O)CCSc1nnc(SCCC(=O)OCCOC)s1. The lowest BCUT2D eigenvalue weighted by molar-refractivity contribution is -0.145. The number of methoxy groups -OCH3 is 2. The zero-order valence-corrected chi connectivity index (χ0v) is 16.7. The zero-order chi connectivity index (χ0) is 18.3. The number of carbonyl (C=O) groups is 2. The van der Waals surface area contributed by atoms with E-state index in [1.54, 1.807) is 14.2 Å². The Morgan fingerprint density at radius 1 is 0.840 bits per heavy atom. The van der Waals surface area contributed by atoms with Gasteiger partial charge in [-0.05, 0) is 0 Å². The Balaban J connectivity index is 2.13. The molecule has 0 saturated heterocycles. The largest absolute Gasteiger partial charge is 0.463 e. The van der Waals surface area contributed by atoms with Gasteiger partial charge < -0.3 is 18.9 Å². The van der Waals surface area contributed by atoms with Crippen LogP contribution in [-0.2, 0) is 28.5 Å². The molecule has 1 rings (SSSR count). The van der Waals surface area contributed by atoms with E-state index in [0.29, 0.717) is 37.6 Å². The third-order valence-corrected chi connectivity index (χ3v) is 5.75. The highest BCUT2D eigenvalue weighted by Gasteiger charge is 2.09. The molecule has 0 spiro atoms. The van der Waals surface area contributed by atoms with Gasteiger partial charge in [-0.25, -0.2) is 0 Å². The summed E-state index contributed by atoms with van der Waals surface area (Å²) in [5.41, 5.74) is 0. The normalized spacial score (nSPS) is 10.6. The Labute approximate surface area is 159 Å². The van der Waals surface area contributed by atoms with E-state index in [1.165, 1.54) is 34.9 Å². The molecule has 0 radical (unpaired) electrons. The van der Waals surface area contributed by atoms with Gasteiger partial charge >= 0.3 is 11.9 Å². The van der Waals surface area contributed by atoms with Crippen molar-refractivity contribution in [3.05, 3.63) is 0 Å². The molecule has 0 N–H and O–H groups in total. The molecular weight excluding hydrogens is 388 g/mol. The summed E-state index contributed by atoms with van der Waals surface area (Å²) >= 11 is 4.35. The van der Waals surface area contributed by atoms with Crippen LogP contribution in [-0.4, -0.2) is 74.3 Å². The number of esters is 2. The lowest BCUT2D eigenvalue weighted by Gasteiger charge is -2.02. The van der Waals surface area contributed by atoms with Crippen LogP contribution in [0.4, 0.5) is 0 Å². The first-order chi connectivity index (χ1) is 12.2. The Hall–Kier alpha value is -0.880. The van der Waals surface area contributed by atoms with Crippen molar-refractivity contribution in [2.45, 2.75) is 21.5 Å². The fraction of sp³-hybridized carbons (Fsp3) is 0.714. The Morgan fingerprint density at radius 2 is 1.28 bits per heavy atom. The highest BCUT2D eigenvalue weighted by atomic mass is 32.2. The number of hydrogen-bond donors (Lipinski definition) is 0. The fourth-order valence-electron chi connectivity index (χ4n) is 1.38. The smallest absolute Gasteiger partial charge is 0.306 e. The molecule has 1 aromatic heterocycles. The minimum Gasteiger partial charge on any atom is -0.463 e. The van der Waals surface area contributed by atoms with Crippen LogP contribution in [0, 0.1) is 0 Å². The molecule has 0 aromatic carbocycles. The first kappa shape index (κ1) is 22.2. The van der Waals surface area contributed by atoms with Gasteiger partial charge in [0.2, 0.25) is 0 Å². The van der Waals surface area contributed by atoms with Gasteiger partial charge in [-0.1, -0.05) is 34.9 Å². The summed E-state index contributed by atoms with van der Waals surface area (Å²) < 4.78 is 21.1. The number of thioether (sulfide) groups is 2. The fourth-order valence-corrected chi connectivity index (χ4v) is 4.38. The first-order valence-electron chi connectivity index (χ1n) is 7.54. The minimum atomic E-state index is -0.254. The highest BCUT2D eigenvalue weighted by molar-refractivity contribution is 8.03. The number of rotatable bonds is 14.